The molecule has 0 fully saturated rings. The van der Waals surface area contributed by atoms with Gasteiger partial charge in [-0.05, 0) is 26.0 Å². The second-order valence-electron chi connectivity index (χ2n) is 5.55. The van der Waals surface area contributed by atoms with Crippen LogP contribution in [0.15, 0.2) is 36.4 Å². The molecule has 0 aliphatic carbocycles. The van der Waals surface area contributed by atoms with Gasteiger partial charge in [0.15, 0.2) is 11.5 Å². The fraction of sp³-hybridized carbons (Fsp3) is 0.200. The van der Waals surface area contributed by atoms with Crippen LogP contribution in [-0.2, 0) is 9.47 Å². The number of carbonyl (C=O) groups excluding carboxylic acids is 2. The van der Waals surface area contributed by atoms with Gasteiger partial charge in [0.05, 0.1) is 23.3 Å². The second-order valence-corrected chi connectivity index (χ2v) is 6.37. The van der Waals surface area contributed by atoms with Gasteiger partial charge in [0.1, 0.15) is 0 Å². The molecule has 8 heteroatoms. The third kappa shape index (κ3) is 3.79. The van der Waals surface area contributed by atoms with Gasteiger partial charge in [-0.3, -0.25) is 0 Å². The molecule has 0 aliphatic rings. The van der Waals surface area contributed by atoms with E-state index in [4.69, 9.17) is 42.1 Å². The van der Waals surface area contributed by atoms with Gasteiger partial charge >= 0.3 is 12.3 Å². The summed E-state index contributed by atoms with van der Waals surface area (Å²) in [5.41, 5.74) is 0. The number of hydrogen-bond acceptors (Lipinski definition) is 6. The predicted molar refractivity (Wildman–Crippen MR) is 107 cm³/mol. The highest BCUT2D eigenvalue weighted by molar-refractivity contribution is 6.40. The summed E-state index contributed by atoms with van der Waals surface area (Å²) < 4.78 is 20.7. The minimum Gasteiger partial charge on any atom is -0.434 e. The summed E-state index contributed by atoms with van der Waals surface area (Å²) in [7, 11) is 0. The van der Waals surface area contributed by atoms with Gasteiger partial charge in [0.25, 0.3) is 0 Å². The van der Waals surface area contributed by atoms with Crippen LogP contribution in [0.1, 0.15) is 13.8 Å². The van der Waals surface area contributed by atoms with Gasteiger partial charge in [-0.1, -0.05) is 47.5 Å². The molecule has 6 nitrogen and oxygen atoms in total. The van der Waals surface area contributed by atoms with E-state index in [1.54, 1.807) is 50.2 Å². The van der Waals surface area contributed by atoms with E-state index in [2.05, 4.69) is 0 Å². The van der Waals surface area contributed by atoms with Crippen LogP contribution < -0.4 is 9.47 Å². The molecule has 0 spiro atoms. The molecule has 0 amide bonds. The molecule has 0 heterocycles. The van der Waals surface area contributed by atoms with Crippen molar-refractivity contribution in [2.45, 2.75) is 13.8 Å². The maximum atomic E-state index is 12.0. The maximum Gasteiger partial charge on any atom is 0.513 e. The highest BCUT2D eigenvalue weighted by Gasteiger charge is 2.24. The fourth-order valence-corrected chi connectivity index (χ4v) is 3.35. The summed E-state index contributed by atoms with van der Waals surface area (Å²) in [5, 5.41) is 2.19. The van der Waals surface area contributed by atoms with Crippen LogP contribution in [0.25, 0.3) is 21.5 Å². The summed E-state index contributed by atoms with van der Waals surface area (Å²) >= 11 is 12.8. The standard InChI is InChI=1S/C20H16Cl2O6/c1-3-25-19(23)27-17-11-7-5-9-13(21)15(11)18(28-20(24)26-4-2)16-12(17)8-6-10-14(16)22/h5-10H,3-4H2,1-2H3. The van der Waals surface area contributed by atoms with Gasteiger partial charge in [-0.25, -0.2) is 9.59 Å². The molecular weight excluding hydrogens is 407 g/mol. The monoisotopic (exact) mass is 422 g/mol. The Balaban J connectivity index is 2.38. The number of carbonyl (C=O) groups is 2. The molecule has 28 heavy (non-hydrogen) atoms. The van der Waals surface area contributed by atoms with Crippen LogP contribution in [0.4, 0.5) is 9.59 Å². The number of hydrogen-bond donors (Lipinski definition) is 0. The molecule has 0 saturated carbocycles. The molecule has 3 aromatic rings. The van der Waals surface area contributed by atoms with Crippen molar-refractivity contribution in [2.24, 2.45) is 0 Å². The van der Waals surface area contributed by atoms with Crippen molar-refractivity contribution in [1.82, 2.24) is 0 Å². The Morgan fingerprint density at radius 2 is 1.18 bits per heavy atom. The van der Waals surface area contributed by atoms with E-state index in [1.165, 1.54) is 0 Å². The van der Waals surface area contributed by atoms with E-state index in [0.717, 1.165) is 0 Å². The first kappa shape index (κ1) is 20.0. The zero-order valence-corrected chi connectivity index (χ0v) is 16.6. The first-order valence-electron chi connectivity index (χ1n) is 8.49. The minimum absolute atomic E-state index is 0.121. The van der Waals surface area contributed by atoms with Crippen molar-refractivity contribution in [1.29, 1.82) is 0 Å². The molecule has 0 aromatic heterocycles. The van der Waals surface area contributed by atoms with E-state index in [1.807, 2.05) is 0 Å². The first-order valence-corrected chi connectivity index (χ1v) is 9.25. The number of benzene rings is 3. The third-order valence-electron chi connectivity index (χ3n) is 3.87. The van der Waals surface area contributed by atoms with E-state index in [0.29, 0.717) is 21.5 Å². The average Bonchev–Trinajstić information content (AvgIpc) is 2.64. The molecule has 0 aliphatic heterocycles. The summed E-state index contributed by atoms with van der Waals surface area (Å²) in [6.07, 6.45) is -1.77. The van der Waals surface area contributed by atoms with Crippen molar-refractivity contribution < 1.29 is 28.5 Å². The van der Waals surface area contributed by atoms with Crippen LogP contribution in [0.3, 0.4) is 0 Å². The Labute approximate surface area is 170 Å². The van der Waals surface area contributed by atoms with Gasteiger partial charge in [-0.15, -0.1) is 0 Å². The average molecular weight is 423 g/mol. The van der Waals surface area contributed by atoms with Crippen LogP contribution in [0.2, 0.25) is 10.0 Å². The number of ether oxygens (including phenoxy) is 4. The molecular formula is C20H16Cl2O6. The van der Waals surface area contributed by atoms with Gasteiger partial charge in [0.2, 0.25) is 0 Å². The summed E-state index contributed by atoms with van der Waals surface area (Å²) in [6.45, 7) is 3.62. The molecule has 146 valence electrons. The summed E-state index contributed by atoms with van der Waals surface area (Å²) in [5.74, 6) is 0.320. The lowest BCUT2D eigenvalue weighted by atomic mass is 10.0. The lowest BCUT2D eigenvalue weighted by Gasteiger charge is -2.17. The van der Waals surface area contributed by atoms with Crippen molar-refractivity contribution in [3.8, 4) is 11.5 Å². The van der Waals surface area contributed by atoms with Gasteiger partial charge in [-0.2, -0.15) is 0 Å². The van der Waals surface area contributed by atoms with Gasteiger partial charge < -0.3 is 18.9 Å². The van der Waals surface area contributed by atoms with Crippen molar-refractivity contribution in [3.05, 3.63) is 46.4 Å². The van der Waals surface area contributed by atoms with Crippen molar-refractivity contribution >= 4 is 57.1 Å². The zero-order valence-electron chi connectivity index (χ0n) is 15.1. The smallest absolute Gasteiger partial charge is 0.434 e. The molecule has 0 saturated heterocycles. The maximum absolute atomic E-state index is 12.0. The van der Waals surface area contributed by atoms with Crippen LogP contribution in [0.5, 0.6) is 11.5 Å². The Morgan fingerprint density at radius 1 is 0.750 bits per heavy atom. The Bertz CT molecular complexity index is 1000. The van der Waals surface area contributed by atoms with Crippen molar-refractivity contribution in [2.75, 3.05) is 13.2 Å². The fourth-order valence-electron chi connectivity index (χ4n) is 2.83. The highest BCUT2D eigenvalue weighted by Crippen LogP contribution is 2.47. The molecule has 0 unspecified atom stereocenters. The lowest BCUT2D eigenvalue weighted by molar-refractivity contribution is 0.103. The summed E-state index contributed by atoms with van der Waals surface area (Å²) in [4.78, 5) is 24.0. The van der Waals surface area contributed by atoms with E-state index >= 15 is 0 Å². The Hall–Kier alpha value is -2.70. The quantitative estimate of drug-likeness (QED) is 0.276. The Kier molecular flexibility index (Phi) is 6.11. The van der Waals surface area contributed by atoms with Gasteiger partial charge in [0, 0.05) is 21.5 Å². The zero-order chi connectivity index (χ0) is 20.3. The Morgan fingerprint density at radius 3 is 1.61 bits per heavy atom. The normalized spacial score (nSPS) is 10.7. The molecule has 0 N–H and O–H groups in total. The van der Waals surface area contributed by atoms with E-state index in [-0.39, 0.29) is 34.8 Å². The van der Waals surface area contributed by atoms with Crippen LogP contribution in [0, 0.1) is 0 Å². The molecule has 0 bridgehead atoms. The molecule has 3 aromatic carbocycles. The number of fused-ring (bicyclic) bond motifs is 2. The second kappa shape index (κ2) is 8.54. The largest absolute Gasteiger partial charge is 0.513 e. The van der Waals surface area contributed by atoms with Crippen LogP contribution >= 0.6 is 23.2 Å². The number of halogens is 2. The summed E-state index contributed by atoms with van der Waals surface area (Å²) in [6, 6.07) is 10.0. The minimum atomic E-state index is -0.899. The van der Waals surface area contributed by atoms with Crippen LogP contribution in [-0.4, -0.2) is 25.5 Å². The van der Waals surface area contributed by atoms with Crippen molar-refractivity contribution in [3.63, 3.8) is 0 Å². The molecule has 0 radical (unpaired) electrons. The molecule has 0 atom stereocenters. The highest BCUT2D eigenvalue weighted by atomic mass is 35.5. The number of rotatable bonds is 4. The SMILES string of the molecule is CCOC(=O)Oc1c2cccc(Cl)c2c(OC(=O)OCC)c2c(Cl)cccc12. The topological polar surface area (TPSA) is 71.1 Å². The predicted octanol–water partition coefficient (Wildman–Crippen LogP) is 6.37. The van der Waals surface area contributed by atoms with E-state index < -0.39 is 12.3 Å². The third-order valence-corrected chi connectivity index (χ3v) is 4.50. The molecule has 3 rings (SSSR count). The lowest BCUT2D eigenvalue weighted by Crippen LogP contribution is -2.13. The van der Waals surface area contributed by atoms with E-state index in [9.17, 15) is 9.59 Å². The first-order chi connectivity index (χ1) is 13.5.